The number of nitrogens with zero attached hydrogens (tertiary/aromatic N) is 1. The third-order valence-electron chi connectivity index (χ3n) is 4.74. The summed E-state index contributed by atoms with van der Waals surface area (Å²) in [4.78, 5) is 2.56. The third-order valence-corrected chi connectivity index (χ3v) is 5.41. The van der Waals surface area contributed by atoms with Crippen molar-refractivity contribution in [3.05, 3.63) is 0 Å². The van der Waals surface area contributed by atoms with Gasteiger partial charge in [-0.15, -0.1) is 0 Å². The molecule has 17 heavy (non-hydrogen) atoms. The van der Waals surface area contributed by atoms with Crippen molar-refractivity contribution in [2.45, 2.75) is 70.6 Å². The first kappa shape index (κ1) is 15.4. The molecule has 0 aromatic rings. The SMILES string of the molecule is CC(C)CC1(C)N(C)CCCC(C)CC1(C)S. The molecule has 0 amide bonds. The highest BCUT2D eigenvalue weighted by atomic mass is 32.1. The lowest BCUT2D eigenvalue weighted by Gasteiger charge is -2.53. The lowest BCUT2D eigenvalue weighted by Crippen LogP contribution is -2.59. The van der Waals surface area contributed by atoms with E-state index in [0.29, 0.717) is 0 Å². The molecule has 0 aromatic heterocycles. The van der Waals surface area contributed by atoms with E-state index in [9.17, 15) is 0 Å². The summed E-state index contributed by atoms with van der Waals surface area (Å²) >= 11 is 5.07. The summed E-state index contributed by atoms with van der Waals surface area (Å²) < 4.78 is 0.103. The van der Waals surface area contributed by atoms with Crippen LogP contribution in [0.15, 0.2) is 0 Å². The monoisotopic (exact) mass is 257 g/mol. The minimum absolute atomic E-state index is 0.103. The first-order chi connectivity index (χ1) is 7.69. The molecule has 0 saturated carbocycles. The van der Waals surface area contributed by atoms with Gasteiger partial charge in [0.05, 0.1) is 0 Å². The Balaban J connectivity index is 2.99. The van der Waals surface area contributed by atoms with Crippen LogP contribution >= 0.6 is 12.6 Å². The summed E-state index contributed by atoms with van der Waals surface area (Å²) in [7, 11) is 2.28. The van der Waals surface area contributed by atoms with Gasteiger partial charge in [-0.05, 0) is 65.0 Å². The molecule has 1 aliphatic heterocycles. The Morgan fingerprint density at radius 1 is 1.35 bits per heavy atom. The van der Waals surface area contributed by atoms with Crippen LogP contribution in [0, 0.1) is 11.8 Å². The van der Waals surface area contributed by atoms with Gasteiger partial charge in [0.15, 0.2) is 0 Å². The van der Waals surface area contributed by atoms with Crippen molar-refractivity contribution in [3.8, 4) is 0 Å². The zero-order valence-electron chi connectivity index (χ0n) is 12.6. The summed E-state index contributed by atoms with van der Waals surface area (Å²) in [5.41, 5.74) is 0.207. The van der Waals surface area contributed by atoms with Crippen molar-refractivity contribution in [2.24, 2.45) is 11.8 Å². The zero-order valence-corrected chi connectivity index (χ0v) is 13.5. The van der Waals surface area contributed by atoms with E-state index in [1.165, 1.54) is 32.2 Å². The van der Waals surface area contributed by atoms with Crippen molar-refractivity contribution in [3.63, 3.8) is 0 Å². The van der Waals surface area contributed by atoms with Crippen LogP contribution in [0.4, 0.5) is 0 Å². The average Bonchev–Trinajstić information content (AvgIpc) is 2.13. The molecule has 102 valence electrons. The molecule has 0 radical (unpaired) electrons. The summed E-state index contributed by atoms with van der Waals surface area (Å²) in [5, 5.41) is 0. The van der Waals surface area contributed by atoms with Gasteiger partial charge in [-0.25, -0.2) is 0 Å². The molecule has 3 unspecified atom stereocenters. The predicted molar refractivity (Wildman–Crippen MR) is 80.9 cm³/mol. The Bertz CT molecular complexity index is 249. The van der Waals surface area contributed by atoms with E-state index in [1.807, 2.05) is 0 Å². The van der Waals surface area contributed by atoms with Crippen LogP contribution in [0.2, 0.25) is 0 Å². The largest absolute Gasteiger partial charge is 0.300 e. The first-order valence-corrected chi connectivity index (χ1v) is 7.57. The molecule has 1 fully saturated rings. The average molecular weight is 257 g/mol. The molecule has 1 aliphatic rings. The Morgan fingerprint density at radius 3 is 2.47 bits per heavy atom. The van der Waals surface area contributed by atoms with Gasteiger partial charge in [-0.3, -0.25) is 4.90 Å². The fraction of sp³-hybridized carbons (Fsp3) is 1.00. The van der Waals surface area contributed by atoms with E-state index in [0.717, 1.165) is 11.8 Å². The smallest absolute Gasteiger partial charge is 0.0322 e. The van der Waals surface area contributed by atoms with Crippen molar-refractivity contribution < 1.29 is 0 Å². The zero-order chi connectivity index (χ0) is 13.3. The Morgan fingerprint density at radius 2 is 1.94 bits per heavy atom. The fourth-order valence-electron chi connectivity index (χ4n) is 3.51. The molecule has 0 aliphatic carbocycles. The van der Waals surface area contributed by atoms with E-state index in [-0.39, 0.29) is 10.3 Å². The second kappa shape index (κ2) is 5.52. The Hall–Kier alpha value is 0.310. The molecule has 0 N–H and O–H groups in total. The lowest BCUT2D eigenvalue weighted by atomic mass is 9.72. The van der Waals surface area contributed by atoms with Crippen LogP contribution in [0.25, 0.3) is 0 Å². The molecular weight excluding hydrogens is 226 g/mol. The maximum absolute atomic E-state index is 5.07. The normalized spacial score (nSPS) is 41.3. The quantitative estimate of drug-likeness (QED) is 0.725. The summed E-state index contributed by atoms with van der Waals surface area (Å²) in [6, 6.07) is 0. The van der Waals surface area contributed by atoms with Crippen molar-refractivity contribution >= 4 is 12.6 Å². The van der Waals surface area contributed by atoms with Crippen molar-refractivity contribution in [2.75, 3.05) is 13.6 Å². The number of hydrogen-bond donors (Lipinski definition) is 1. The molecule has 0 aromatic carbocycles. The predicted octanol–water partition coefficient (Wildman–Crippen LogP) is 4.23. The Kier molecular flexibility index (Phi) is 4.99. The second-order valence-corrected chi connectivity index (χ2v) is 8.01. The van der Waals surface area contributed by atoms with Crippen molar-refractivity contribution in [1.82, 2.24) is 4.90 Å². The highest BCUT2D eigenvalue weighted by Gasteiger charge is 2.46. The molecule has 2 heteroatoms. The number of rotatable bonds is 2. The van der Waals surface area contributed by atoms with E-state index in [2.05, 4.69) is 46.6 Å². The standard InChI is InChI=1S/C15H31NS/c1-12(2)10-14(4)15(5,17)11-13(3)8-7-9-16(14)6/h12-13,17H,7-11H2,1-6H3. The maximum atomic E-state index is 5.07. The maximum Gasteiger partial charge on any atom is 0.0322 e. The minimum Gasteiger partial charge on any atom is -0.300 e. The summed E-state index contributed by atoms with van der Waals surface area (Å²) in [5.74, 6) is 1.53. The van der Waals surface area contributed by atoms with Gasteiger partial charge in [0, 0.05) is 10.3 Å². The second-order valence-electron chi connectivity index (χ2n) is 7.02. The van der Waals surface area contributed by atoms with Crippen LogP contribution in [-0.4, -0.2) is 28.8 Å². The van der Waals surface area contributed by atoms with Crippen LogP contribution in [0.1, 0.15) is 60.3 Å². The molecule has 0 spiro atoms. The van der Waals surface area contributed by atoms with Gasteiger partial charge in [0.1, 0.15) is 0 Å². The fourth-order valence-corrected chi connectivity index (χ4v) is 4.08. The number of hydrogen-bond acceptors (Lipinski definition) is 2. The van der Waals surface area contributed by atoms with Gasteiger partial charge >= 0.3 is 0 Å². The van der Waals surface area contributed by atoms with Gasteiger partial charge in [0.25, 0.3) is 0 Å². The first-order valence-electron chi connectivity index (χ1n) is 7.12. The summed E-state index contributed by atoms with van der Waals surface area (Å²) in [6.07, 6.45) is 5.13. The summed E-state index contributed by atoms with van der Waals surface area (Å²) in [6.45, 7) is 13.0. The molecule has 0 bridgehead atoms. The lowest BCUT2D eigenvalue weighted by molar-refractivity contribution is 0.0512. The molecule has 1 saturated heterocycles. The number of likely N-dealkylation sites (tertiary alicyclic amines) is 1. The Labute approximate surface area is 114 Å². The minimum atomic E-state index is 0.103. The molecule has 1 heterocycles. The topological polar surface area (TPSA) is 3.24 Å². The molecule has 3 atom stereocenters. The van der Waals surface area contributed by atoms with E-state index in [4.69, 9.17) is 12.6 Å². The van der Waals surface area contributed by atoms with Gasteiger partial charge in [0.2, 0.25) is 0 Å². The third kappa shape index (κ3) is 3.41. The van der Waals surface area contributed by atoms with Gasteiger partial charge in [-0.1, -0.05) is 20.8 Å². The molecule has 1 rings (SSSR count). The molecular formula is C15H31NS. The highest BCUT2D eigenvalue weighted by molar-refractivity contribution is 7.81. The van der Waals surface area contributed by atoms with E-state index < -0.39 is 0 Å². The van der Waals surface area contributed by atoms with Crippen LogP contribution < -0.4 is 0 Å². The van der Waals surface area contributed by atoms with Gasteiger partial charge < -0.3 is 0 Å². The van der Waals surface area contributed by atoms with Crippen LogP contribution in [0.5, 0.6) is 0 Å². The van der Waals surface area contributed by atoms with E-state index in [1.54, 1.807) is 0 Å². The van der Waals surface area contributed by atoms with Crippen LogP contribution in [0.3, 0.4) is 0 Å². The van der Waals surface area contributed by atoms with Crippen molar-refractivity contribution in [1.29, 1.82) is 0 Å². The van der Waals surface area contributed by atoms with Gasteiger partial charge in [-0.2, -0.15) is 12.6 Å². The van der Waals surface area contributed by atoms with E-state index >= 15 is 0 Å². The highest BCUT2D eigenvalue weighted by Crippen LogP contribution is 2.44. The van der Waals surface area contributed by atoms with Crippen LogP contribution in [-0.2, 0) is 0 Å². The molecule has 1 nitrogen and oxygen atoms in total. The number of thiol groups is 1.